The zero-order valence-corrected chi connectivity index (χ0v) is 21.4. The van der Waals surface area contributed by atoms with Crippen LogP contribution in [0.5, 0.6) is 5.75 Å². The number of anilines is 2. The zero-order valence-electron chi connectivity index (χ0n) is 20.7. The van der Waals surface area contributed by atoms with Crippen LogP contribution in [0, 0.1) is 0 Å². The van der Waals surface area contributed by atoms with Crippen LogP contribution >= 0.6 is 11.6 Å². The SMILES string of the molecule is CNC(=O)C1=C(C(=O)Nc2ccc(NC(=O)c3cc(OCCN4CCCCC4)ccc3Cl)cc2)NCN1. The van der Waals surface area contributed by atoms with Crippen LogP contribution in [0.2, 0.25) is 5.02 Å². The van der Waals surface area contributed by atoms with E-state index in [4.69, 9.17) is 16.3 Å². The van der Waals surface area contributed by atoms with Crippen molar-refractivity contribution in [3.05, 3.63) is 64.4 Å². The summed E-state index contributed by atoms with van der Waals surface area (Å²) in [4.78, 5) is 39.7. The predicted octanol–water partition coefficient (Wildman–Crippen LogP) is 2.50. The lowest BCUT2D eigenvalue weighted by molar-refractivity contribution is -0.118. The van der Waals surface area contributed by atoms with Crippen LogP contribution in [0.4, 0.5) is 11.4 Å². The second-order valence-electron chi connectivity index (χ2n) is 8.74. The normalized spacial score (nSPS) is 15.4. The van der Waals surface area contributed by atoms with Crippen molar-refractivity contribution >= 4 is 40.7 Å². The number of hydrogen-bond donors (Lipinski definition) is 5. The summed E-state index contributed by atoms with van der Waals surface area (Å²) in [6.07, 6.45) is 3.74. The zero-order chi connectivity index (χ0) is 26.2. The fourth-order valence-corrected chi connectivity index (χ4v) is 4.39. The first-order chi connectivity index (χ1) is 17.9. The Balaban J connectivity index is 1.33. The molecule has 2 aromatic rings. The quantitative estimate of drug-likeness (QED) is 0.340. The summed E-state index contributed by atoms with van der Waals surface area (Å²) >= 11 is 6.29. The minimum atomic E-state index is -0.454. The average molecular weight is 527 g/mol. The van der Waals surface area contributed by atoms with E-state index in [0.717, 1.165) is 19.6 Å². The summed E-state index contributed by atoms with van der Waals surface area (Å²) in [5, 5.41) is 14.0. The summed E-state index contributed by atoms with van der Waals surface area (Å²) in [7, 11) is 1.49. The van der Waals surface area contributed by atoms with E-state index in [1.165, 1.54) is 26.3 Å². The van der Waals surface area contributed by atoms with E-state index in [9.17, 15) is 14.4 Å². The molecule has 196 valence electrons. The Labute approximate surface area is 220 Å². The Bertz CT molecular complexity index is 1180. The minimum absolute atomic E-state index is 0.157. The highest BCUT2D eigenvalue weighted by atomic mass is 35.5. The van der Waals surface area contributed by atoms with Gasteiger partial charge in [-0.1, -0.05) is 18.0 Å². The molecule has 1 fully saturated rings. The van der Waals surface area contributed by atoms with Gasteiger partial charge in [0.2, 0.25) is 0 Å². The molecule has 2 aliphatic rings. The standard InChI is InChI=1S/C26H31ClN6O4/c1-28-25(35)22-23(30-16-29-22)26(36)32-18-7-5-17(6-8-18)31-24(34)20-15-19(9-10-21(20)27)37-14-13-33-11-3-2-4-12-33/h5-10,15,29-30H,2-4,11-14,16H2,1H3,(H,28,35)(H,31,34)(H,32,36). The van der Waals surface area contributed by atoms with Gasteiger partial charge in [0.25, 0.3) is 17.7 Å². The maximum Gasteiger partial charge on any atom is 0.274 e. The van der Waals surface area contributed by atoms with Gasteiger partial charge in [0.15, 0.2) is 0 Å². The molecule has 0 atom stereocenters. The number of rotatable bonds is 9. The number of ether oxygens (including phenoxy) is 1. The summed E-state index contributed by atoms with van der Waals surface area (Å²) in [6, 6.07) is 11.7. The van der Waals surface area contributed by atoms with E-state index in [1.54, 1.807) is 42.5 Å². The topological polar surface area (TPSA) is 124 Å². The van der Waals surface area contributed by atoms with Crippen molar-refractivity contribution in [1.29, 1.82) is 0 Å². The fourth-order valence-electron chi connectivity index (χ4n) is 4.18. The van der Waals surface area contributed by atoms with E-state index < -0.39 is 5.91 Å². The molecule has 1 saturated heterocycles. The number of nitrogens with zero attached hydrogens (tertiary/aromatic N) is 1. The molecule has 0 bridgehead atoms. The van der Waals surface area contributed by atoms with Crippen LogP contribution in [-0.4, -0.2) is 62.6 Å². The molecule has 0 unspecified atom stereocenters. The third-order valence-corrected chi connectivity index (χ3v) is 6.50. The number of piperidine rings is 1. The van der Waals surface area contributed by atoms with Gasteiger partial charge in [0, 0.05) is 25.0 Å². The molecule has 11 heteroatoms. The first-order valence-corrected chi connectivity index (χ1v) is 12.6. The lowest BCUT2D eigenvalue weighted by atomic mass is 10.1. The van der Waals surface area contributed by atoms with Crippen molar-refractivity contribution in [1.82, 2.24) is 20.9 Å². The van der Waals surface area contributed by atoms with Gasteiger partial charge in [-0.3, -0.25) is 19.3 Å². The van der Waals surface area contributed by atoms with E-state index in [2.05, 4.69) is 31.5 Å². The van der Waals surface area contributed by atoms with Crippen molar-refractivity contribution in [2.24, 2.45) is 0 Å². The second-order valence-corrected chi connectivity index (χ2v) is 9.14. The van der Waals surface area contributed by atoms with Gasteiger partial charge in [0.1, 0.15) is 23.8 Å². The molecule has 2 heterocycles. The molecule has 37 heavy (non-hydrogen) atoms. The van der Waals surface area contributed by atoms with Crippen LogP contribution in [0.25, 0.3) is 0 Å². The number of carbonyl (C=O) groups is 3. The Kier molecular flexibility index (Phi) is 8.86. The summed E-state index contributed by atoms with van der Waals surface area (Å²) in [5.74, 6) is -0.623. The third-order valence-electron chi connectivity index (χ3n) is 6.17. The van der Waals surface area contributed by atoms with E-state index >= 15 is 0 Å². The van der Waals surface area contributed by atoms with Crippen molar-refractivity contribution in [3.8, 4) is 5.75 Å². The lowest BCUT2D eigenvalue weighted by Gasteiger charge is -2.26. The maximum absolute atomic E-state index is 12.9. The Hall–Kier alpha value is -3.76. The number of carbonyl (C=O) groups excluding carboxylic acids is 3. The van der Waals surface area contributed by atoms with E-state index in [1.807, 2.05) is 0 Å². The van der Waals surface area contributed by atoms with Gasteiger partial charge in [-0.05, 0) is 68.4 Å². The van der Waals surface area contributed by atoms with Gasteiger partial charge in [-0.2, -0.15) is 0 Å². The molecule has 5 N–H and O–H groups in total. The lowest BCUT2D eigenvalue weighted by Crippen LogP contribution is -2.33. The third kappa shape index (κ3) is 6.93. The highest BCUT2D eigenvalue weighted by molar-refractivity contribution is 6.34. The van der Waals surface area contributed by atoms with Crippen LogP contribution in [0.3, 0.4) is 0 Å². The molecule has 10 nitrogen and oxygen atoms in total. The first-order valence-electron chi connectivity index (χ1n) is 12.3. The van der Waals surface area contributed by atoms with Gasteiger partial charge < -0.3 is 31.3 Å². The van der Waals surface area contributed by atoms with Crippen LogP contribution in [0.1, 0.15) is 29.6 Å². The highest BCUT2D eigenvalue weighted by Crippen LogP contribution is 2.24. The summed E-state index contributed by atoms with van der Waals surface area (Å²) in [6.45, 7) is 3.88. The molecule has 0 radical (unpaired) electrons. The van der Waals surface area contributed by atoms with Crippen molar-refractivity contribution in [3.63, 3.8) is 0 Å². The molecule has 3 amide bonds. The smallest absolute Gasteiger partial charge is 0.274 e. The number of likely N-dealkylation sites (N-methyl/N-ethyl adjacent to an activating group) is 1. The van der Waals surface area contributed by atoms with E-state index in [-0.39, 0.29) is 29.9 Å². The Morgan fingerprint density at radius 1 is 0.892 bits per heavy atom. The van der Waals surface area contributed by atoms with Gasteiger partial charge in [-0.25, -0.2) is 0 Å². The Morgan fingerprint density at radius 2 is 1.51 bits per heavy atom. The van der Waals surface area contributed by atoms with Gasteiger partial charge >= 0.3 is 0 Å². The largest absolute Gasteiger partial charge is 0.492 e. The molecule has 0 aromatic heterocycles. The Morgan fingerprint density at radius 3 is 2.16 bits per heavy atom. The summed E-state index contributed by atoms with van der Waals surface area (Å²) < 4.78 is 5.87. The molecule has 0 saturated carbocycles. The number of benzene rings is 2. The number of nitrogens with one attached hydrogen (secondary N) is 5. The van der Waals surface area contributed by atoms with Crippen LogP contribution < -0.4 is 31.3 Å². The van der Waals surface area contributed by atoms with Crippen LogP contribution in [0.15, 0.2) is 53.9 Å². The predicted molar refractivity (Wildman–Crippen MR) is 142 cm³/mol. The van der Waals surface area contributed by atoms with Crippen molar-refractivity contribution < 1.29 is 19.1 Å². The highest BCUT2D eigenvalue weighted by Gasteiger charge is 2.24. The monoisotopic (exact) mass is 526 g/mol. The number of hydrogen-bond acceptors (Lipinski definition) is 7. The number of halogens is 1. The van der Waals surface area contributed by atoms with Gasteiger partial charge in [-0.15, -0.1) is 0 Å². The van der Waals surface area contributed by atoms with Crippen molar-refractivity contribution in [2.45, 2.75) is 19.3 Å². The van der Waals surface area contributed by atoms with Gasteiger partial charge in [0.05, 0.1) is 17.3 Å². The molecule has 4 rings (SSSR count). The minimum Gasteiger partial charge on any atom is -0.492 e. The average Bonchev–Trinajstić information content (AvgIpc) is 3.41. The fraction of sp³-hybridized carbons (Fsp3) is 0.346. The first kappa shape index (κ1) is 26.3. The molecule has 0 aliphatic carbocycles. The second kappa shape index (κ2) is 12.5. The summed E-state index contributed by atoms with van der Waals surface area (Å²) in [5.41, 5.74) is 1.68. The molecule has 0 spiro atoms. The molecule has 2 aliphatic heterocycles. The molecular formula is C26H31ClN6O4. The molecular weight excluding hydrogens is 496 g/mol. The molecule has 2 aromatic carbocycles. The van der Waals surface area contributed by atoms with Crippen molar-refractivity contribution in [2.75, 3.05) is 50.6 Å². The number of amides is 3. The van der Waals surface area contributed by atoms with Crippen LogP contribution in [-0.2, 0) is 9.59 Å². The maximum atomic E-state index is 12.9. The van der Waals surface area contributed by atoms with E-state index in [0.29, 0.717) is 34.3 Å². The number of likely N-dealkylation sites (tertiary alicyclic amines) is 1.